The molecular weight excluding hydrogens is 440 g/mol. The van der Waals surface area contributed by atoms with Gasteiger partial charge in [0.1, 0.15) is 10.8 Å². The number of ether oxygens (including phenoxy) is 2. The van der Waals surface area contributed by atoms with Crippen LogP contribution in [0.4, 0.5) is 5.00 Å². The van der Waals surface area contributed by atoms with Crippen LogP contribution < -0.4 is 10.1 Å². The Morgan fingerprint density at radius 1 is 1.16 bits per heavy atom. The molecule has 10 heteroatoms. The van der Waals surface area contributed by atoms with Crippen molar-refractivity contribution in [2.24, 2.45) is 0 Å². The molecule has 1 aromatic carbocycles. The van der Waals surface area contributed by atoms with Crippen LogP contribution in [0.3, 0.4) is 0 Å². The first kappa shape index (κ1) is 23.2. The fraction of sp³-hybridized carbons (Fsp3) is 0.429. The van der Waals surface area contributed by atoms with Crippen LogP contribution in [0, 0.1) is 0 Å². The zero-order valence-corrected chi connectivity index (χ0v) is 19.4. The van der Waals surface area contributed by atoms with Gasteiger partial charge in [0.05, 0.1) is 30.7 Å². The van der Waals surface area contributed by atoms with E-state index in [1.165, 1.54) is 37.6 Å². The van der Waals surface area contributed by atoms with Crippen LogP contribution in [-0.4, -0.2) is 51.9 Å². The SMILES string of the molecule is CCOC(=O)c1c(NC(=O)CN(C)S(=O)(=O)c2ccc(OC)cc2)sc2c1CCCC2. The summed E-state index contributed by atoms with van der Waals surface area (Å²) in [6.45, 7) is 1.58. The predicted molar refractivity (Wildman–Crippen MR) is 118 cm³/mol. The standard InChI is InChI=1S/C21H26N2O6S2/c1-4-29-21(25)19-16-7-5-6-8-17(16)30-20(19)22-18(24)13-23(2)31(26,27)15-11-9-14(28-3)10-12-15/h9-12H,4-8,13H2,1-3H3,(H,22,24). The number of aryl methyl sites for hydroxylation is 1. The van der Waals surface area contributed by atoms with Gasteiger partial charge in [-0.15, -0.1) is 11.3 Å². The Bertz CT molecular complexity index is 1060. The number of hydrogen-bond donors (Lipinski definition) is 1. The second-order valence-corrected chi connectivity index (χ2v) is 10.3. The van der Waals surface area contributed by atoms with Gasteiger partial charge in [0.2, 0.25) is 15.9 Å². The quantitative estimate of drug-likeness (QED) is 0.600. The van der Waals surface area contributed by atoms with Crippen molar-refractivity contribution in [3.8, 4) is 5.75 Å². The van der Waals surface area contributed by atoms with E-state index in [1.807, 2.05) is 0 Å². The molecule has 0 radical (unpaired) electrons. The van der Waals surface area contributed by atoms with Gasteiger partial charge < -0.3 is 14.8 Å². The summed E-state index contributed by atoms with van der Waals surface area (Å²) >= 11 is 1.36. The summed E-state index contributed by atoms with van der Waals surface area (Å²) in [6, 6.07) is 5.94. The van der Waals surface area contributed by atoms with Crippen LogP contribution in [-0.2, 0) is 32.4 Å². The first-order chi connectivity index (χ1) is 14.8. The number of amides is 1. The Labute approximate surface area is 186 Å². The van der Waals surface area contributed by atoms with Crippen molar-refractivity contribution >= 4 is 38.2 Å². The average Bonchev–Trinajstić information content (AvgIpc) is 3.11. The van der Waals surface area contributed by atoms with Crippen molar-refractivity contribution in [1.82, 2.24) is 4.31 Å². The van der Waals surface area contributed by atoms with Gasteiger partial charge >= 0.3 is 5.97 Å². The molecule has 0 unspecified atom stereocenters. The number of nitrogens with one attached hydrogen (secondary N) is 1. The van der Waals surface area contributed by atoms with Crippen LogP contribution in [0.15, 0.2) is 29.2 Å². The lowest BCUT2D eigenvalue weighted by Crippen LogP contribution is -2.35. The Morgan fingerprint density at radius 3 is 2.48 bits per heavy atom. The van der Waals surface area contributed by atoms with Gasteiger partial charge in [-0.05, 0) is 62.4 Å². The molecule has 1 N–H and O–H groups in total. The number of sulfonamides is 1. The van der Waals surface area contributed by atoms with Crippen molar-refractivity contribution in [2.75, 3.05) is 32.6 Å². The number of carbonyl (C=O) groups excluding carboxylic acids is 2. The molecule has 1 aliphatic rings. The summed E-state index contributed by atoms with van der Waals surface area (Å²) in [5.41, 5.74) is 1.33. The maximum Gasteiger partial charge on any atom is 0.341 e. The third-order valence-electron chi connectivity index (χ3n) is 5.04. The van der Waals surface area contributed by atoms with Gasteiger partial charge in [-0.3, -0.25) is 4.79 Å². The number of methoxy groups -OCH3 is 1. The number of benzene rings is 1. The fourth-order valence-corrected chi connectivity index (χ4v) is 5.87. The van der Waals surface area contributed by atoms with E-state index in [0.717, 1.165) is 40.4 Å². The first-order valence-electron chi connectivity index (χ1n) is 9.99. The Balaban J connectivity index is 1.77. The molecule has 0 spiro atoms. The van der Waals surface area contributed by atoms with Gasteiger partial charge in [0.15, 0.2) is 0 Å². The van der Waals surface area contributed by atoms with E-state index in [2.05, 4.69) is 5.32 Å². The number of nitrogens with zero attached hydrogens (tertiary/aromatic N) is 1. The largest absolute Gasteiger partial charge is 0.497 e. The number of esters is 1. The van der Waals surface area contributed by atoms with E-state index in [0.29, 0.717) is 16.3 Å². The second kappa shape index (κ2) is 9.80. The molecule has 0 fully saturated rings. The van der Waals surface area contributed by atoms with Crippen molar-refractivity contribution in [3.63, 3.8) is 0 Å². The fourth-order valence-electron chi connectivity index (χ4n) is 3.45. The highest BCUT2D eigenvalue weighted by atomic mass is 32.2. The molecule has 1 aliphatic carbocycles. The minimum absolute atomic E-state index is 0.0578. The molecule has 0 saturated carbocycles. The number of fused-ring (bicyclic) bond motifs is 1. The van der Waals surface area contributed by atoms with Crippen molar-refractivity contribution in [1.29, 1.82) is 0 Å². The zero-order valence-electron chi connectivity index (χ0n) is 17.8. The van der Waals surface area contributed by atoms with Crippen LogP contribution in [0.1, 0.15) is 40.6 Å². The number of likely N-dealkylation sites (N-methyl/N-ethyl adjacent to an activating group) is 1. The summed E-state index contributed by atoms with van der Waals surface area (Å²) in [5.74, 6) is -0.451. The van der Waals surface area contributed by atoms with Crippen molar-refractivity contribution in [2.45, 2.75) is 37.5 Å². The van der Waals surface area contributed by atoms with Crippen LogP contribution in [0.5, 0.6) is 5.75 Å². The van der Waals surface area contributed by atoms with E-state index < -0.39 is 21.9 Å². The minimum Gasteiger partial charge on any atom is -0.497 e. The topological polar surface area (TPSA) is 102 Å². The Morgan fingerprint density at radius 2 is 1.84 bits per heavy atom. The van der Waals surface area contributed by atoms with E-state index in [-0.39, 0.29) is 18.0 Å². The molecule has 2 aromatic rings. The molecular formula is C21H26N2O6S2. The maximum absolute atomic E-state index is 12.8. The predicted octanol–water partition coefficient (Wildman–Crippen LogP) is 3.07. The van der Waals surface area contributed by atoms with Gasteiger partial charge in [0.25, 0.3) is 0 Å². The molecule has 31 heavy (non-hydrogen) atoms. The molecule has 8 nitrogen and oxygen atoms in total. The summed E-state index contributed by atoms with van der Waals surface area (Å²) in [6.07, 6.45) is 3.63. The van der Waals surface area contributed by atoms with E-state index in [4.69, 9.17) is 9.47 Å². The minimum atomic E-state index is -3.86. The molecule has 0 atom stereocenters. The number of anilines is 1. The van der Waals surface area contributed by atoms with Gasteiger partial charge in [-0.2, -0.15) is 4.31 Å². The monoisotopic (exact) mass is 466 g/mol. The lowest BCUT2D eigenvalue weighted by atomic mass is 9.95. The van der Waals surface area contributed by atoms with Crippen LogP contribution in [0.2, 0.25) is 0 Å². The number of rotatable bonds is 8. The molecule has 168 valence electrons. The molecule has 1 heterocycles. The zero-order chi connectivity index (χ0) is 22.6. The normalized spacial score (nSPS) is 13.5. The lowest BCUT2D eigenvalue weighted by Gasteiger charge is -2.17. The highest BCUT2D eigenvalue weighted by Crippen LogP contribution is 2.38. The maximum atomic E-state index is 12.8. The highest BCUT2D eigenvalue weighted by molar-refractivity contribution is 7.89. The molecule has 0 aliphatic heterocycles. The van der Waals surface area contributed by atoms with Crippen LogP contribution in [0.25, 0.3) is 0 Å². The molecule has 1 amide bonds. The molecule has 0 bridgehead atoms. The Kier molecular flexibility index (Phi) is 7.34. The van der Waals surface area contributed by atoms with Gasteiger partial charge in [0, 0.05) is 11.9 Å². The van der Waals surface area contributed by atoms with Crippen molar-refractivity contribution in [3.05, 3.63) is 40.3 Å². The third-order valence-corrected chi connectivity index (χ3v) is 8.06. The van der Waals surface area contributed by atoms with Gasteiger partial charge in [-0.1, -0.05) is 0 Å². The summed E-state index contributed by atoms with van der Waals surface area (Å²) in [4.78, 5) is 26.3. The highest BCUT2D eigenvalue weighted by Gasteiger charge is 2.28. The van der Waals surface area contributed by atoms with Gasteiger partial charge in [-0.25, -0.2) is 13.2 Å². The molecule has 1 aromatic heterocycles. The smallest absolute Gasteiger partial charge is 0.341 e. The van der Waals surface area contributed by atoms with Crippen LogP contribution >= 0.6 is 11.3 Å². The molecule has 3 rings (SSSR count). The van der Waals surface area contributed by atoms with E-state index >= 15 is 0 Å². The van der Waals surface area contributed by atoms with E-state index in [9.17, 15) is 18.0 Å². The summed E-state index contributed by atoms with van der Waals surface area (Å²) in [7, 11) is -1.03. The lowest BCUT2D eigenvalue weighted by molar-refractivity contribution is -0.116. The average molecular weight is 467 g/mol. The number of hydrogen-bond acceptors (Lipinski definition) is 7. The third kappa shape index (κ3) is 5.08. The Hall–Kier alpha value is -2.43. The number of thiophene rings is 1. The number of carbonyl (C=O) groups is 2. The molecule has 0 saturated heterocycles. The van der Waals surface area contributed by atoms with Crippen molar-refractivity contribution < 1.29 is 27.5 Å². The first-order valence-corrected chi connectivity index (χ1v) is 12.3. The van der Waals surface area contributed by atoms with E-state index in [1.54, 1.807) is 19.1 Å². The second-order valence-electron chi connectivity index (χ2n) is 7.12. The summed E-state index contributed by atoms with van der Waals surface area (Å²) < 4.78 is 36.8. The summed E-state index contributed by atoms with van der Waals surface area (Å²) in [5, 5.41) is 3.15.